The van der Waals surface area contributed by atoms with Crippen LogP contribution in [-0.4, -0.2) is 27.7 Å². The molecule has 0 aromatic heterocycles. The number of hydrogen-bond acceptors (Lipinski definition) is 5. The van der Waals surface area contributed by atoms with E-state index < -0.39 is 11.0 Å². The second-order valence-corrected chi connectivity index (χ2v) is 5.11. The van der Waals surface area contributed by atoms with Gasteiger partial charge in [-0.15, -0.1) is 11.8 Å². The Balaban J connectivity index is 2.98. The Morgan fingerprint density at radius 1 is 1.47 bits per heavy atom. The van der Waals surface area contributed by atoms with Crippen LogP contribution >= 0.6 is 11.8 Å². The normalized spacial score (nSPS) is 14.1. The lowest BCUT2D eigenvalue weighted by Crippen LogP contribution is -2.14. The molecule has 17 heavy (non-hydrogen) atoms. The molecule has 1 aromatic rings. The number of rotatable bonds is 5. The summed E-state index contributed by atoms with van der Waals surface area (Å²) in [5.74, 6) is 0. The van der Waals surface area contributed by atoms with Gasteiger partial charge in [-0.3, -0.25) is 14.9 Å². The van der Waals surface area contributed by atoms with E-state index >= 15 is 0 Å². The quantitative estimate of drug-likeness (QED) is 0.378. The van der Waals surface area contributed by atoms with Crippen LogP contribution in [0.2, 0.25) is 0 Å². The number of nitro groups is 1. The molecule has 6 heteroatoms. The number of carbonyl (C=O) groups is 1. The Hall–Kier alpha value is -1.40. The fourth-order valence-electron chi connectivity index (χ4n) is 1.18. The Bertz CT molecular complexity index is 433. The number of nitro benzene ring substituents is 1. The van der Waals surface area contributed by atoms with Crippen LogP contribution in [0.1, 0.15) is 24.2 Å². The molecule has 1 rings (SSSR count). The molecule has 0 radical (unpaired) electrons. The zero-order valence-electron chi connectivity index (χ0n) is 9.49. The van der Waals surface area contributed by atoms with Crippen molar-refractivity contribution in [1.29, 1.82) is 0 Å². The molecule has 0 saturated carbocycles. The summed E-state index contributed by atoms with van der Waals surface area (Å²) in [5.41, 5.74) is -0.146. The summed E-state index contributed by atoms with van der Waals surface area (Å²) in [6.45, 7) is 3.51. The van der Waals surface area contributed by atoms with Gasteiger partial charge in [0.1, 0.15) is 0 Å². The maximum atomic E-state index is 10.7. The summed E-state index contributed by atoms with van der Waals surface area (Å²) in [7, 11) is 0. The maximum absolute atomic E-state index is 10.7. The number of thioether (sulfide) groups is 1. The molecule has 0 aliphatic carbocycles. The molecule has 1 N–H and O–H groups in total. The Morgan fingerprint density at radius 3 is 2.59 bits per heavy atom. The van der Waals surface area contributed by atoms with Gasteiger partial charge in [-0.2, -0.15) is 0 Å². The minimum absolute atomic E-state index is 0.0454. The van der Waals surface area contributed by atoms with E-state index in [-0.39, 0.29) is 16.5 Å². The van der Waals surface area contributed by atoms with Gasteiger partial charge in [0.05, 0.1) is 16.6 Å². The summed E-state index contributed by atoms with van der Waals surface area (Å²) in [6, 6.07) is 4.35. The van der Waals surface area contributed by atoms with Crippen molar-refractivity contribution in [3.8, 4) is 0 Å². The van der Waals surface area contributed by atoms with Crippen LogP contribution in [0.5, 0.6) is 0 Å². The Kier molecular flexibility index (Phi) is 4.65. The lowest BCUT2D eigenvalue weighted by molar-refractivity contribution is -0.385. The highest BCUT2D eigenvalue weighted by Crippen LogP contribution is 2.29. The first-order valence-corrected chi connectivity index (χ1v) is 5.92. The van der Waals surface area contributed by atoms with Crippen molar-refractivity contribution in [2.75, 3.05) is 0 Å². The van der Waals surface area contributed by atoms with Crippen molar-refractivity contribution in [2.45, 2.75) is 30.1 Å². The molecule has 0 aliphatic heterocycles. The van der Waals surface area contributed by atoms with Crippen LogP contribution in [0.4, 0.5) is 5.69 Å². The third-order valence-electron chi connectivity index (χ3n) is 2.32. The number of aldehydes is 1. The van der Waals surface area contributed by atoms with Crippen molar-refractivity contribution in [2.24, 2.45) is 0 Å². The van der Waals surface area contributed by atoms with Crippen molar-refractivity contribution < 1.29 is 14.8 Å². The van der Waals surface area contributed by atoms with Gasteiger partial charge < -0.3 is 5.11 Å². The largest absolute Gasteiger partial charge is 0.392 e. The molecule has 1 aromatic carbocycles. The molecule has 0 aliphatic rings. The summed E-state index contributed by atoms with van der Waals surface area (Å²) >= 11 is 1.37. The van der Waals surface area contributed by atoms with Crippen LogP contribution < -0.4 is 0 Å². The van der Waals surface area contributed by atoms with Crippen LogP contribution in [0.15, 0.2) is 23.1 Å². The molecule has 0 fully saturated rings. The number of hydrogen-bond donors (Lipinski definition) is 1. The highest BCUT2D eigenvalue weighted by Gasteiger charge is 2.16. The van der Waals surface area contributed by atoms with Gasteiger partial charge in [-0.1, -0.05) is 6.92 Å². The first kappa shape index (κ1) is 13.7. The SMILES string of the molecule is CC(O)C(C)Sc1ccc([N+](=O)[O-])c(C=O)c1. The fourth-order valence-corrected chi connectivity index (χ4v) is 2.15. The van der Waals surface area contributed by atoms with Gasteiger partial charge in [0, 0.05) is 16.2 Å². The molecule has 2 unspecified atom stereocenters. The molecule has 0 heterocycles. The van der Waals surface area contributed by atoms with E-state index in [2.05, 4.69) is 0 Å². The zero-order valence-corrected chi connectivity index (χ0v) is 10.3. The summed E-state index contributed by atoms with van der Waals surface area (Å²) in [6.07, 6.45) is -0.0234. The molecule has 0 spiro atoms. The predicted octanol–water partition coefficient (Wildman–Crippen LogP) is 2.27. The van der Waals surface area contributed by atoms with Gasteiger partial charge in [0.25, 0.3) is 5.69 Å². The lowest BCUT2D eigenvalue weighted by Gasteiger charge is -2.13. The summed E-state index contributed by atoms with van der Waals surface area (Å²) in [5, 5.41) is 19.9. The first-order chi connectivity index (χ1) is 7.95. The van der Waals surface area contributed by atoms with E-state index in [1.807, 2.05) is 6.92 Å². The number of carbonyl (C=O) groups excluding carboxylic acids is 1. The second-order valence-electron chi connectivity index (χ2n) is 3.66. The van der Waals surface area contributed by atoms with Crippen LogP contribution in [0, 0.1) is 10.1 Å². The number of nitrogens with zero attached hydrogens (tertiary/aromatic N) is 1. The van der Waals surface area contributed by atoms with Gasteiger partial charge in [0.15, 0.2) is 6.29 Å². The van der Waals surface area contributed by atoms with Crippen LogP contribution in [0.25, 0.3) is 0 Å². The zero-order chi connectivity index (χ0) is 13.0. The van der Waals surface area contributed by atoms with E-state index in [1.54, 1.807) is 13.0 Å². The van der Waals surface area contributed by atoms with E-state index in [0.717, 1.165) is 4.90 Å². The molecule has 5 nitrogen and oxygen atoms in total. The highest BCUT2D eigenvalue weighted by molar-refractivity contribution is 8.00. The standard InChI is InChI=1S/C11H13NO4S/c1-7(14)8(2)17-10-3-4-11(12(15)16)9(5-10)6-13/h3-8,14H,1-2H3. The van der Waals surface area contributed by atoms with Crippen molar-refractivity contribution in [1.82, 2.24) is 0 Å². The summed E-state index contributed by atoms with van der Waals surface area (Å²) in [4.78, 5) is 21.5. The Morgan fingerprint density at radius 2 is 2.12 bits per heavy atom. The smallest absolute Gasteiger partial charge is 0.279 e. The molecular weight excluding hydrogens is 242 g/mol. The third-order valence-corrected chi connectivity index (χ3v) is 3.62. The van der Waals surface area contributed by atoms with E-state index in [0.29, 0.717) is 6.29 Å². The topological polar surface area (TPSA) is 80.4 Å². The molecule has 2 atom stereocenters. The van der Waals surface area contributed by atoms with Gasteiger partial charge in [-0.25, -0.2) is 0 Å². The average Bonchev–Trinajstić information content (AvgIpc) is 2.28. The monoisotopic (exact) mass is 255 g/mol. The van der Waals surface area contributed by atoms with Crippen molar-refractivity contribution in [3.05, 3.63) is 33.9 Å². The van der Waals surface area contributed by atoms with Crippen molar-refractivity contribution >= 4 is 23.7 Å². The molecular formula is C11H13NO4S. The molecule has 92 valence electrons. The predicted molar refractivity (Wildman–Crippen MR) is 65.5 cm³/mol. The first-order valence-electron chi connectivity index (χ1n) is 5.04. The van der Waals surface area contributed by atoms with E-state index in [1.165, 1.54) is 23.9 Å². The minimum Gasteiger partial charge on any atom is -0.392 e. The molecule has 0 amide bonds. The summed E-state index contributed by atoms with van der Waals surface area (Å²) < 4.78 is 0. The number of aliphatic hydroxyl groups excluding tert-OH is 1. The molecule has 0 bridgehead atoms. The van der Waals surface area contributed by atoms with Gasteiger partial charge >= 0.3 is 0 Å². The van der Waals surface area contributed by atoms with Crippen LogP contribution in [0.3, 0.4) is 0 Å². The minimum atomic E-state index is -0.587. The van der Waals surface area contributed by atoms with E-state index in [4.69, 9.17) is 0 Å². The van der Waals surface area contributed by atoms with Crippen molar-refractivity contribution in [3.63, 3.8) is 0 Å². The van der Waals surface area contributed by atoms with E-state index in [9.17, 15) is 20.0 Å². The third kappa shape index (κ3) is 3.54. The second kappa shape index (κ2) is 5.79. The Labute approximate surface area is 103 Å². The van der Waals surface area contributed by atoms with Gasteiger partial charge in [0.2, 0.25) is 0 Å². The number of benzene rings is 1. The molecule has 0 saturated heterocycles. The lowest BCUT2D eigenvalue weighted by atomic mass is 10.2. The highest BCUT2D eigenvalue weighted by atomic mass is 32.2. The van der Waals surface area contributed by atoms with Crippen LogP contribution in [-0.2, 0) is 0 Å². The average molecular weight is 255 g/mol. The number of aliphatic hydroxyl groups is 1. The van der Waals surface area contributed by atoms with Gasteiger partial charge in [-0.05, 0) is 19.1 Å². The fraction of sp³-hybridized carbons (Fsp3) is 0.364. The maximum Gasteiger partial charge on any atom is 0.279 e.